The van der Waals surface area contributed by atoms with Crippen LogP contribution in [0.25, 0.3) is 10.7 Å². The van der Waals surface area contributed by atoms with Crippen LogP contribution >= 0.6 is 11.3 Å². The van der Waals surface area contributed by atoms with Crippen LogP contribution in [0.1, 0.15) is 17.8 Å². The van der Waals surface area contributed by atoms with Crippen LogP contribution in [0.5, 0.6) is 5.75 Å². The lowest BCUT2D eigenvalue weighted by molar-refractivity contribution is -0.115. The van der Waals surface area contributed by atoms with Crippen LogP contribution < -0.4 is 10.1 Å². The van der Waals surface area contributed by atoms with E-state index in [1.165, 1.54) is 12.4 Å². The molecule has 2 aromatic heterocycles. The highest BCUT2D eigenvalue weighted by Gasteiger charge is 2.19. The fourth-order valence-corrected chi connectivity index (χ4v) is 3.38. The zero-order chi connectivity index (χ0) is 18.7. The van der Waals surface area contributed by atoms with E-state index in [0.29, 0.717) is 21.5 Å². The van der Waals surface area contributed by atoms with Gasteiger partial charge < -0.3 is 10.1 Å². The lowest BCUT2D eigenvalue weighted by Crippen LogP contribution is -2.14. The number of anilines is 1. The molecule has 9 heteroatoms. The summed E-state index contributed by atoms with van der Waals surface area (Å²) in [6.07, 6.45) is 2.69. The summed E-state index contributed by atoms with van der Waals surface area (Å²) in [5.74, 6) is 0.599. The van der Waals surface area contributed by atoms with Crippen molar-refractivity contribution >= 4 is 22.4 Å². The largest absolute Gasteiger partial charge is 0.497 e. The number of ether oxygens (including phenoxy) is 1. The summed E-state index contributed by atoms with van der Waals surface area (Å²) in [4.78, 5) is 20.9. The summed E-state index contributed by atoms with van der Waals surface area (Å²) in [5.41, 5.74) is 1.35. The normalized spacial score (nSPS) is 11.0. The topological polar surface area (TPSA) is 69.0 Å². The lowest BCUT2D eigenvalue weighted by Gasteiger charge is -2.04. The van der Waals surface area contributed by atoms with E-state index >= 15 is 0 Å². The molecule has 3 rings (SSSR count). The molecule has 0 aliphatic rings. The summed E-state index contributed by atoms with van der Waals surface area (Å²) in [6, 6.07) is 7.16. The molecule has 0 fully saturated rings. The molecule has 1 amide bonds. The molecule has 2 heterocycles. The Morgan fingerprint density at radius 1 is 1.35 bits per heavy atom. The van der Waals surface area contributed by atoms with E-state index in [1.807, 2.05) is 0 Å². The maximum atomic E-state index is 13.0. The predicted octanol–water partition coefficient (Wildman–Crippen LogP) is 3.90. The highest BCUT2D eigenvalue weighted by atomic mass is 32.1. The summed E-state index contributed by atoms with van der Waals surface area (Å²) in [5, 5.41) is 3.05. The van der Waals surface area contributed by atoms with E-state index < -0.39 is 6.55 Å². The third-order valence-electron chi connectivity index (χ3n) is 3.65. The number of thiazole rings is 1. The first-order valence-electron chi connectivity index (χ1n) is 7.69. The zero-order valence-electron chi connectivity index (χ0n) is 14.1. The van der Waals surface area contributed by atoms with Gasteiger partial charge in [-0.2, -0.15) is 8.78 Å². The number of nitrogens with one attached hydrogen (secondary N) is 1. The van der Waals surface area contributed by atoms with Crippen LogP contribution in [0.4, 0.5) is 13.9 Å². The van der Waals surface area contributed by atoms with Gasteiger partial charge in [0, 0.05) is 12.4 Å². The average Bonchev–Trinajstić information content (AvgIpc) is 3.22. The van der Waals surface area contributed by atoms with Gasteiger partial charge in [0.15, 0.2) is 11.0 Å². The predicted molar refractivity (Wildman–Crippen MR) is 94.7 cm³/mol. The van der Waals surface area contributed by atoms with E-state index in [0.717, 1.165) is 21.5 Å². The molecular formula is C17H16F2N4O2S. The lowest BCUT2D eigenvalue weighted by atomic mass is 10.1. The number of methoxy groups -OCH3 is 1. The quantitative estimate of drug-likeness (QED) is 0.706. The number of benzene rings is 1. The Labute approximate surface area is 152 Å². The minimum Gasteiger partial charge on any atom is -0.497 e. The number of carbonyl (C=O) groups excluding carboxylic acids is 1. The van der Waals surface area contributed by atoms with E-state index in [-0.39, 0.29) is 18.2 Å². The van der Waals surface area contributed by atoms with Gasteiger partial charge in [-0.15, -0.1) is 0 Å². The number of imidazole rings is 1. The van der Waals surface area contributed by atoms with Crippen molar-refractivity contribution in [1.82, 2.24) is 14.5 Å². The fourth-order valence-electron chi connectivity index (χ4n) is 2.40. The highest BCUT2D eigenvalue weighted by Crippen LogP contribution is 2.33. The maximum Gasteiger partial charge on any atom is 0.320 e. The van der Waals surface area contributed by atoms with Crippen LogP contribution in [-0.4, -0.2) is 27.6 Å². The molecule has 0 aliphatic carbocycles. The first kappa shape index (κ1) is 18.0. The van der Waals surface area contributed by atoms with Gasteiger partial charge in [0.05, 0.1) is 24.1 Å². The van der Waals surface area contributed by atoms with Crippen LogP contribution in [-0.2, 0) is 11.2 Å². The van der Waals surface area contributed by atoms with Crippen molar-refractivity contribution in [2.45, 2.75) is 19.9 Å². The SMILES string of the molecule is COc1ccc(CC(=O)Nc2nc(C)c(-c3nccn3C(F)F)s2)cc1. The second kappa shape index (κ2) is 7.61. The molecule has 0 unspecified atom stereocenters. The smallest absolute Gasteiger partial charge is 0.320 e. The first-order valence-corrected chi connectivity index (χ1v) is 8.51. The number of nitrogens with zero attached hydrogens (tertiary/aromatic N) is 3. The molecule has 0 atom stereocenters. The molecule has 0 radical (unpaired) electrons. The van der Waals surface area contributed by atoms with Gasteiger partial charge in [0.2, 0.25) is 5.91 Å². The molecule has 0 saturated heterocycles. The van der Waals surface area contributed by atoms with Crippen molar-refractivity contribution in [3.8, 4) is 16.5 Å². The maximum absolute atomic E-state index is 13.0. The first-order chi connectivity index (χ1) is 12.5. The number of amides is 1. The number of aryl methyl sites for hydroxylation is 1. The number of aromatic nitrogens is 3. The summed E-state index contributed by atoms with van der Waals surface area (Å²) < 4.78 is 31.9. The zero-order valence-corrected chi connectivity index (χ0v) is 14.9. The number of rotatable bonds is 6. The van der Waals surface area contributed by atoms with Crippen molar-refractivity contribution in [3.63, 3.8) is 0 Å². The van der Waals surface area contributed by atoms with Gasteiger partial charge in [0.25, 0.3) is 0 Å². The van der Waals surface area contributed by atoms with Gasteiger partial charge >= 0.3 is 6.55 Å². The Bertz CT molecular complexity index is 906. The number of carbonyl (C=O) groups is 1. The monoisotopic (exact) mass is 378 g/mol. The molecule has 0 spiro atoms. The van der Waals surface area contributed by atoms with Gasteiger partial charge in [0.1, 0.15) is 5.75 Å². The molecule has 0 aliphatic heterocycles. The summed E-state index contributed by atoms with van der Waals surface area (Å²) >= 11 is 1.11. The average molecular weight is 378 g/mol. The van der Waals surface area contributed by atoms with Crippen molar-refractivity contribution < 1.29 is 18.3 Å². The third kappa shape index (κ3) is 3.88. The molecular weight excluding hydrogens is 362 g/mol. The van der Waals surface area contributed by atoms with Crippen molar-refractivity contribution in [1.29, 1.82) is 0 Å². The minimum atomic E-state index is -2.69. The number of hydrogen-bond acceptors (Lipinski definition) is 5. The number of alkyl halides is 2. The van der Waals surface area contributed by atoms with Crippen LogP contribution in [0.2, 0.25) is 0 Å². The molecule has 0 saturated carbocycles. The highest BCUT2D eigenvalue weighted by molar-refractivity contribution is 7.19. The molecule has 136 valence electrons. The van der Waals surface area contributed by atoms with Gasteiger partial charge in [-0.1, -0.05) is 23.5 Å². The number of halogens is 2. The third-order valence-corrected chi connectivity index (χ3v) is 4.72. The second-order valence-corrected chi connectivity index (χ2v) is 6.44. The molecule has 26 heavy (non-hydrogen) atoms. The van der Waals surface area contributed by atoms with E-state index in [2.05, 4.69) is 15.3 Å². The van der Waals surface area contributed by atoms with Crippen LogP contribution in [0, 0.1) is 6.92 Å². The second-order valence-electron chi connectivity index (χ2n) is 5.44. The Kier molecular flexibility index (Phi) is 5.27. The summed E-state index contributed by atoms with van der Waals surface area (Å²) in [7, 11) is 1.57. The fraction of sp³-hybridized carbons (Fsp3) is 0.235. The summed E-state index contributed by atoms with van der Waals surface area (Å²) in [6.45, 7) is -1.00. The standard InChI is InChI=1S/C17H16F2N4O2S/c1-10-14(15-20-7-8-23(15)16(18)19)26-17(21-10)22-13(24)9-11-3-5-12(25-2)6-4-11/h3-8,16H,9H2,1-2H3,(H,21,22,24). The molecule has 6 nitrogen and oxygen atoms in total. The Hall–Kier alpha value is -2.81. The Morgan fingerprint density at radius 3 is 2.73 bits per heavy atom. The van der Waals surface area contributed by atoms with E-state index in [1.54, 1.807) is 38.3 Å². The van der Waals surface area contributed by atoms with E-state index in [9.17, 15) is 13.6 Å². The van der Waals surface area contributed by atoms with Crippen LogP contribution in [0.3, 0.4) is 0 Å². The van der Waals surface area contributed by atoms with Crippen molar-refractivity contribution in [2.24, 2.45) is 0 Å². The Morgan fingerprint density at radius 2 is 2.08 bits per heavy atom. The van der Waals surface area contributed by atoms with Gasteiger partial charge in [-0.3, -0.25) is 9.36 Å². The molecule has 0 bridgehead atoms. The molecule has 1 aromatic carbocycles. The van der Waals surface area contributed by atoms with Gasteiger partial charge in [-0.05, 0) is 24.6 Å². The van der Waals surface area contributed by atoms with Gasteiger partial charge in [-0.25, -0.2) is 9.97 Å². The van der Waals surface area contributed by atoms with Crippen molar-refractivity contribution in [3.05, 3.63) is 47.9 Å². The number of hydrogen-bond donors (Lipinski definition) is 1. The van der Waals surface area contributed by atoms with Crippen LogP contribution in [0.15, 0.2) is 36.7 Å². The van der Waals surface area contributed by atoms with E-state index in [4.69, 9.17) is 4.74 Å². The Balaban J connectivity index is 1.72. The van der Waals surface area contributed by atoms with Crippen molar-refractivity contribution in [2.75, 3.05) is 12.4 Å². The minimum absolute atomic E-state index is 0.130. The molecule has 3 aromatic rings. The molecule has 1 N–H and O–H groups in total.